The maximum absolute atomic E-state index is 9.86. The quantitative estimate of drug-likeness (QED) is 0.609. The highest BCUT2D eigenvalue weighted by atomic mass is 16.7. The van der Waals surface area contributed by atoms with Gasteiger partial charge in [0.2, 0.25) is 0 Å². The van der Waals surface area contributed by atoms with Gasteiger partial charge in [-0.15, -0.1) is 0 Å². The van der Waals surface area contributed by atoms with Crippen LogP contribution in [0.1, 0.15) is 54.4 Å². The molecular weight excluding hydrogens is 360 g/mol. The largest absolute Gasteiger partial charge is 0.393 e. The van der Waals surface area contributed by atoms with Gasteiger partial charge in [-0.2, -0.15) is 0 Å². The Morgan fingerprint density at radius 1 is 0.929 bits per heavy atom. The molecule has 0 aliphatic carbocycles. The van der Waals surface area contributed by atoms with E-state index in [1.807, 2.05) is 0 Å². The maximum Gasteiger partial charge on any atom is 0.113 e. The van der Waals surface area contributed by atoms with E-state index < -0.39 is 6.10 Å². The number of rotatable bonds is 8. The maximum atomic E-state index is 9.86. The first-order chi connectivity index (χ1) is 13.2. The van der Waals surface area contributed by atoms with Crippen molar-refractivity contribution in [1.29, 1.82) is 0 Å². The highest BCUT2D eigenvalue weighted by Crippen LogP contribution is 2.38. The van der Waals surface area contributed by atoms with Crippen molar-refractivity contribution in [3.05, 3.63) is 0 Å². The summed E-state index contributed by atoms with van der Waals surface area (Å²) in [5.74, 6) is 1.74. The zero-order chi connectivity index (χ0) is 20.6. The minimum Gasteiger partial charge on any atom is -0.393 e. The summed E-state index contributed by atoms with van der Waals surface area (Å²) >= 11 is 0. The Kier molecular flexibility index (Phi) is 7.43. The van der Waals surface area contributed by atoms with Crippen molar-refractivity contribution in [2.45, 2.75) is 103 Å². The van der Waals surface area contributed by atoms with E-state index in [0.717, 1.165) is 19.4 Å². The molecule has 4 fully saturated rings. The fourth-order valence-corrected chi connectivity index (χ4v) is 4.50. The van der Waals surface area contributed by atoms with Gasteiger partial charge in [0.05, 0.1) is 37.6 Å². The molecule has 4 saturated heterocycles. The van der Waals surface area contributed by atoms with Gasteiger partial charge in [-0.25, -0.2) is 0 Å². The molecule has 4 heterocycles. The molecule has 4 rings (SSSR count). The fourth-order valence-electron chi connectivity index (χ4n) is 4.50. The molecule has 0 radical (unpaired) electrons. The van der Waals surface area contributed by atoms with E-state index in [0.29, 0.717) is 54.7 Å². The van der Waals surface area contributed by atoms with Crippen LogP contribution in [0, 0.1) is 23.7 Å². The van der Waals surface area contributed by atoms with Crippen LogP contribution in [-0.2, 0) is 18.9 Å². The van der Waals surface area contributed by atoms with Gasteiger partial charge in [0, 0.05) is 0 Å². The smallest absolute Gasteiger partial charge is 0.113 e. The average molecular weight is 401 g/mol. The summed E-state index contributed by atoms with van der Waals surface area (Å²) < 4.78 is 21.6. The van der Waals surface area contributed by atoms with Crippen LogP contribution >= 0.6 is 0 Å². The standard InChI is InChI=1S/2C11H20O3/c1-6(2)11-7(3)4-8(14-11)10(12)9-5-13-9;1-6(2)10(12)7(3)4-8-11(14-8)9-5-13-9/h2*6-12H,4-5H2,1-3H3/t7-,8?,9?,10?,11+;7-,8?,9?,10+,11?/m11/s1. The van der Waals surface area contributed by atoms with Crippen LogP contribution in [-0.4, -0.2) is 72.3 Å². The molecule has 4 aliphatic rings. The first-order valence-electron chi connectivity index (χ1n) is 11.1. The van der Waals surface area contributed by atoms with Crippen LogP contribution in [0.2, 0.25) is 0 Å². The van der Waals surface area contributed by atoms with Gasteiger partial charge in [0.25, 0.3) is 0 Å². The molecule has 4 aliphatic heterocycles. The van der Waals surface area contributed by atoms with Gasteiger partial charge < -0.3 is 29.2 Å². The third-order valence-corrected chi connectivity index (χ3v) is 6.49. The Hall–Kier alpha value is -0.240. The normalized spacial score (nSPS) is 42.0. The summed E-state index contributed by atoms with van der Waals surface area (Å²) in [5.41, 5.74) is 0. The Labute approximate surface area is 169 Å². The molecule has 10 atom stereocenters. The van der Waals surface area contributed by atoms with Gasteiger partial charge in [-0.3, -0.25) is 0 Å². The lowest BCUT2D eigenvalue weighted by molar-refractivity contribution is -0.0588. The van der Waals surface area contributed by atoms with Crippen LogP contribution in [0.25, 0.3) is 0 Å². The van der Waals surface area contributed by atoms with E-state index in [1.54, 1.807) is 0 Å². The summed E-state index contributed by atoms with van der Waals surface area (Å²) in [5, 5.41) is 19.7. The zero-order valence-electron chi connectivity index (χ0n) is 18.3. The summed E-state index contributed by atoms with van der Waals surface area (Å²) in [6, 6.07) is 0. The molecule has 6 unspecified atom stereocenters. The van der Waals surface area contributed by atoms with Crippen molar-refractivity contribution < 1.29 is 29.2 Å². The van der Waals surface area contributed by atoms with Crippen molar-refractivity contribution in [3.8, 4) is 0 Å². The molecule has 0 amide bonds. The van der Waals surface area contributed by atoms with Crippen molar-refractivity contribution in [1.82, 2.24) is 0 Å². The molecule has 164 valence electrons. The van der Waals surface area contributed by atoms with E-state index in [9.17, 15) is 10.2 Å². The van der Waals surface area contributed by atoms with Gasteiger partial charge in [-0.1, -0.05) is 41.5 Å². The average Bonchev–Trinajstić information content (AvgIpc) is 3.49. The molecule has 0 saturated carbocycles. The van der Waals surface area contributed by atoms with Crippen LogP contribution in [0.4, 0.5) is 0 Å². The monoisotopic (exact) mass is 400 g/mol. The fraction of sp³-hybridized carbons (Fsp3) is 1.00. The van der Waals surface area contributed by atoms with Crippen molar-refractivity contribution >= 4 is 0 Å². The molecule has 2 N–H and O–H groups in total. The second-order valence-electron chi connectivity index (χ2n) is 9.92. The molecule has 6 nitrogen and oxygen atoms in total. The second kappa shape index (κ2) is 9.27. The highest BCUT2D eigenvalue weighted by Gasteiger charge is 2.51. The minimum atomic E-state index is -0.416. The molecule has 28 heavy (non-hydrogen) atoms. The molecule has 0 aromatic carbocycles. The van der Waals surface area contributed by atoms with Gasteiger partial charge in [0.15, 0.2) is 0 Å². The first-order valence-corrected chi connectivity index (χ1v) is 11.1. The third-order valence-electron chi connectivity index (χ3n) is 6.49. The Balaban J connectivity index is 0.000000161. The minimum absolute atomic E-state index is 0.00935. The van der Waals surface area contributed by atoms with E-state index in [4.69, 9.17) is 18.9 Å². The van der Waals surface area contributed by atoms with Crippen LogP contribution < -0.4 is 0 Å². The number of epoxide rings is 3. The molecule has 0 spiro atoms. The molecule has 0 aromatic heterocycles. The van der Waals surface area contributed by atoms with E-state index in [1.165, 1.54) is 0 Å². The number of ether oxygens (including phenoxy) is 4. The van der Waals surface area contributed by atoms with Crippen molar-refractivity contribution in [3.63, 3.8) is 0 Å². The summed E-state index contributed by atoms with van der Waals surface area (Å²) in [6.07, 6.45) is 2.66. The lowest BCUT2D eigenvalue weighted by Gasteiger charge is -2.21. The molecule has 0 bridgehead atoms. The van der Waals surface area contributed by atoms with Gasteiger partial charge in [0.1, 0.15) is 24.4 Å². The van der Waals surface area contributed by atoms with E-state index in [-0.39, 0.29) is 18.3 Å². The Morgan fingerprint density at radius 2 is 1.57 bits per heavy atom. The zero-order valence-corrected chi connectivity index (χ0v) is 18.3. The Morgan fingerprint density at radius 3 is 2.04 bits per heavy atom. The first kappa shape index (κ1) is 22.4. The van der Waals surface area contributed by atoms with Crippen molar-refractivity contribution in [2.24, 2.45) is 23.7 Å². The summed E-state index contributed by atoms with van der Waals surface area (Å²) in [7, 11) is 0. The van der Waals surface area contributed by atoms with Crippen LogP contribution in [0.5, 0.6) is 0 Å². The third kappa shape index (κ3) is 5.89. The number of aliphatic hydroxyl groups excluding tert-OH is 2. The lowest BCUT2D eigenvalue weighted by Crippen LogP contribution is -2.32. The lowest BCUT2D eigenvalue weighted by atomic mass is 9.90. The number of aliphatic hydroxyl groups is 2. The second-order valence-corrected chi connectivity index (χ2v) is 9.92. The predicted octanol–water partition coefficient (Wildman–Crippen LogP) is 2.39. The topological polar surface area (TPSA) is 87.3 Å². The van der Waals surface area contributed by atoms with Crippen LogP contribution in [0.15, 0.2) is 0 Å². The van der Waals surface area contributed by atoms with Gasteiger partial charge >= 0.3 is 0 Å². The SMILES string of the molecule is CC(C)[C@@H]1OC(C(O)C2CO2)C[C@H]1C.CC(C)[C@H](O)[C@H](C)CC1OC1C1CO1. The van der Waals surface area contributed by atoms with E-state index >= 15 is 0 Å². The molecular formula is C22H40O6. The number of hydrogen-bond acceptors (Lipinski definition) is 6. The number of hydrogen-bond donors (Lipinski definition) is 2. The van der Waals surface area contributed by atoms with Crippen LogP contribution in [0.3, 0.4) is 0 Å². The summed E-state index contributed by atoms with van der Waals surface area (Å²) in [4.78, 5) is 0. The predicted molar refractivity (Wildman–Crippen MR) is 106 cm³/mol. The highest BCUT2D eigenvalue weighted by molar-refractivity contribution is 4.97. The van der Waals surface area contributed by atoms with Crippen molar-refractivity contribution in [2.75, 3.05) is 13.2 Å². The van der Waals surface area contributed by atoms with Gasteiger partial charge in [-0.05, 0) is 36.5 Å². The van der Waals surface area contributed by atoms with E-state index in [2.05, 4.69) is 41.5 Å². The molecule has 6 heteroatoms. The Bertz CT molecular complexity index is 489. The summed E-state index contributed by atoms with van der Waals surface area (Å²) in [6.45, 7) is 14.3. The molecule has 0 aromatic rings.